The van der Waals surface area contributed by atoms with Crippen LogP contribution >= 0.6 is 0 Å². The van der Waals surface area contributed by atoms with Gasteiger partial charge >= 0.3 is 0 Å². The molecule has 0 aromatic heterocycles. The van der Waals surface area contributed by atoms with E-state index in [1.54, 1.807) is 25.1 Å². The van der Waals surface area contributed by atoms with Crippen molar-refractivity contribution in [3.8, 4) is 5.75 Å². The van der Waals surface area contributed by atoms with Gasteiger partial charge in [-0.2, -0.15) is 0 Å². The number of carbonyl (C=O) groups excluding carboxylic acids is 1. The molecule has 1 unspecified atom stereocenters. The summed E-state index contributed by atoms with van der Waals surface area (Å²) >= 11 is 0. The average molecular weight is 250 g/mol. The van der Waals surface area contributed by atoms with Crippen LogP contribution in [0.1, 0.15) is 36.2 Å². The summed E-state index contributed by atoms with van der Waals surface area (Å²) in [6.45, 7) is 6.38. The minimum Gasteiger partial charge on any atom is -0.508 e. The smallest absolute Gasteiger partial charge is 0.251 e. The second kappa shape index (κ2) is 6.40. The van der Waals surface area contributed by atoms with E-state index in [2.05, 4.69) is 19.2 Å². The zero-order chi connectivity index (χ0) is 13.7. The Morgan fingerprint density at radius 1 is 1.44 bits per heavy atom. The van der Waals surface area contributed by atoms with Gasteiger partial charge in [-0.15, -0.1) is 0 Å². The molecule has 0 bridgehead atoms. The van der Waals surface area contributed by atoms with Crippen LogP contribution in [-0.2, 0) is 0 Å². The number of benzene rings is 1. The van der Waals surface area contributed by atoms with E-state index < -0.39 is 0 Å². The topological polar surface area (TPSA) is 75.3 Å². The first-order valence-electron chi connectivity index (χ1n) is 6.26. The lowest BCUT2D eigenvalue weighted by atomic mass is 9.99. The number of nitrogens with two attached hydrogens (primary N) is 1. The first-order chi connectivity index (χ1) is 8.47. The number of phenolic OH excluding ortho intramolecular Hbond substituents is 1. The third kappa shape index (κ3) is 3.47. The predicted octanol–water partition coefficient (Wildman–Crippen LogP) is 1.80. The third-order valence-corrected chi connectivity index (χ3v) is 3.15. The van der Waals surface area contributed by atoms with Gasteiger partial charge in [-0.05, 0) is 37.9 Å². The minimum atomic E-state index is -0.157. The number of amides is 1. The molecular formula is C14H22N2O2. The van der Waals surface area contributed by atoms with E-state index in [1.165, 1.54) is 0 Å². The van der Waals surface area contributed by atoms with E-state index >= 15 is 0 Å². The van der Waals surface area contributed by atoms with Crippen molar-refractivity contribution in [2.75, 3.05) is 6.54 Å². The molecular weight excluding hydrogens is 228 g/mol. The normalized spacial score (nSPS) is 12.5. The van der Waals surface area contributed by atoms with Crippen LogP contribution in [-0.4, -0.2) is 23.6 Å². The van der Waals surface area contributed by atoms with Crippen molar-refractivity contribution in [1.29, 1.82) is 0 Å². The Morgan fingerprint density at radius 3 is 2.67 bits per heavy atom. The number of hydrogen-bond donors (Lipinski definition) is 3. The second-order valence-corrected chi connectivity index (χ2v) is 4.85. The molecule has 4 heteroatoms. The molecule has 0 radical (unpaired) electrons. The van der Waals surface area contributed by atoms with Gasteiger partial charge in [-0.1, -0.05) is 19.9 Å². The molecule has 1 amide bonds. The maximum absolute atomic E-state index is 12.1. The van der Waals surface area contributed by atoms with Gasteiger partial charge in [0.05, 0.1) is 0 Å². The van der Waals surface area contributed by atoms with Gasteiger partial charge in [0, 0.05) is 17.2 Å². The lowest BCUT2D eigenvalue weighted by Crippen LogP contribution is -2.40. The molecule has 0 aliphatic carbocycles. The van der Waals surface area contributed by atoms with Gasteiger partial charge < -0.3 is 16.2 Å². The summed E-state index contributed by atoms with van der Waals surface area (Å²) in [5.41, 5.74) is 6.66. The van der Waals surface area contributed by atoms with Crippen LogP contribution in [0.4, 0.5) is 0 Å². The number of carbonyl (C=O) groups is 1. The van der Waals surface area contributed by atoms with E-state index in [-0.39, 0.29) is 17.7 Å². The van der Waals surface area contributed by atoms with Crippen LogP contribution in [0.25, 0.3) is 0 Å². The summed E-state index contributed by atoms with van der Waals surface area (Å²) in [7, 11) is 0. The SMILES string of the molecule is Cc1c(O)cccc1C(=O)NC(CCN)C(C)C. The summed E-state index contributed by atoms with van der Waals surface area (Å²) in [5, 5.41) is 12.6. The lowest BCUT2D eigenvalue weighted by Gasteiger charge is -2.22. The van der Waals surface area contributed by atoms with E-state index in [4.69, 9.17) is 5.73 Å². The van der Waals surface area contributed by atoms with Crippen LogP contribution in [0.15, 0.2) is 18.2 Å². The van der Waals surface area contributed by atoms with Crippen molar-refractivity contribution in [3.63, 3.8) is 0 Å². The third-order valence-electron chi connectivity index (χ3n) is 3.15. The quantitative estimate of drug-likeness (QED) is 0.746. The molecule has 100 valence electrons. The first kappa shape index (κ1) is 14.5. The van der Waals surface area contributed by atoms with Crippen LogP contribution in [0.3, 0.4) is 0 Å². The summed E-state index contributed by atoms with van der Waals surface area (Å²) < 4.78 is 0. The highest BCUT2D eigenvalue weighted by molar-refractivity contribution is 5.96. The van der Waals surface area contributed by atoms with Crippen molar-refractivity contribution >= 4 is 5.91 Å². The molecule has 4 nitrogen and oxygen atoms in total. The number of aromatic hydroxyl groups is 1. The molecule has 4 N–H and O–H groups in total. The van der Waals surface area contributed by atoms with E-state index in [9.17, 15) is 9.90 Å². The van der Waals surface area contributed by atoms with Crippen molar-refractivity contribution < 1.29 is 9.90 Å². The Labute approximate surface area is 108 Å². The summed E-state index contributed by atoms with van der Waals surface area (Å²) in [6, 6.07) is 5.02. The summed E-state index contributed by atoms with van der Waals surface area (Å²) in [6.07, 6.45) is 0.751. The Kier molecular flexibility index (Phi) is 5.16. The highest BCUT2D eigenvalue weighted by atomic mass is 16.3. The number of nitrogens with one attached hydrogen (secondary N) is 1. The molecule has 1 atom stereocenters. The Hall–Kier alpha value is -1.55. The monoisotopic (exact) mass is 250 g/mol. The Balaban J connectivity index is 2.84. The molecule has 0 fully saturated rings. The summed E-state index contributed by atoms with van der Waals surface area (Å²) in [4.78, 5) is 12.1. The molecule has 18 heavy (non-hydrogen) atoms. The summed E-state index contributed by atoms with van der Waals surface area (Å²) in [5.74, 6) is 0.313. The average Bonchev–Trinajstić information content (AvgIpc) is 2.31. The first-order valence-corrected chi connectivity index (χ1v) is 6.26. The van der Waals surface area contributed by atoms with Crippen molar-refractivity contribution in [3.05, 3.63) is 29.3 Å². The molecule has 0 spiro atoms. The maximum atomic E-state index is 12.1. The fourth-order valence-electron chi connectivity index (χ4n) is 1.87. The second-order valence-electron chi connectivity index (χ2n) is 4.85. The van der Waals surface area contributed by atoms with Gasteiger partial charge in [0.2, 0.25) is 0 Å². The minimum absolute atomic E-state index is 0.0595. The van der Waals surface area contributed by atoms with Gasteiger partial charge in [0.25, 0.3) is 5.91 Å². The van der Waals surface area contributed by atoms with Gasteiger partial charge in [-0.25, -0.2) is 0 Å². The van der Waals surface area contributed by atoms with Crippen LogP contribution in [0.5, 0.6) is 5.75 Å². The van der Waals surface area contributed by atoms with E-state index in [0.717, 1.165) is 6.42 Å². The van der Waals surface area contributed by atoms with E-state index in [0.29, 0.717) is 23.6 Å². The maximum Gasteiger partial charge on any atom is 0.251 e. The van der Waals surface area contributed by atoms with Gasteiger partial charge in [-0.3, -0.25) is 4.79 Å². The molecule has 1 aromatic rings. The number of phenols is 1. The molecule has 0 aliphatic rings. The van der Waals surface area contributed by atoms with Crippen LogP contribution in [0.2, 0.25) is 0 Å². The predicted molar refractivity (Wildman–Crippen MR) is 72.6 cm³/mol. The molecule has 0 heterocycles. The fraction of sp³-hybridized carbons (Fsp3) is 0.500. The van der Waals surface area contributed by atoms with Crippen molar-refractivity contribution in [2.24, 2.45) is 11.7 Å². The van der Waals surface area contributed by atoms with E-state index in [1.807, 2.05) is 0 Å². The number of hydrogen-bond acceptors (Lipinski definition) is 3. The van der Waals surface area contributed by atoms with Crippen LogP contribution < -0.4 is 11.1 Å². The largest absolute Gasteiger partial charge is 0.508 e. The zero-order valence-electron chi connectivity index (χ0n) is 11.2. The van der Waals surface area contributed by atoms with Crippen LogP contribution in [0, 0.1) is 12.8 Å². The number of rotatable bonds is 5. The fourth-order valence-corrected chi connectivity index (χ4v) is 1.87. The van der Waals surface area contributed by atoms with Crippen molar-refractivity contribution in [1.82, 2.24) is 5.32 Å². The standard InChI is InChI=1S/C14H22N2O2/c1-9(2)12(7-8-15)16-14(18)11-5-4-6-13(17)10(11)3/h4-6,9,12,17H,7-8,15H2,1-3H3,(H,16,18). The molecule has 1 aromatic carbocycles. The molecule has 1 rings (SSSR count). The molecule has 0 saturated carbocycles. The molecule has 0 aliphatic heterocycles. The Bertz CT molecular complexity index is 416. The highest BCUT2D eigenvalue weighted by Crippen LogP contribution is 2.19. The zero-order valence-corrected chi connectivity index (χ0v) is 11.2. The van der Waals surface area contributed by atoms with Gasteiger partial charge in [0.15, 0.2) is 0 Å². The Morgan fingerprint density at radius 2 is 2.11 bits per heavy atom. The highest BCUT2D eigenvalue weighted by Gasteiger charge is 2.18. The lowest BCUT2D eigenvalue weighted by molar-refractivity contribution is 0.0923. The van der Waals surface area contributed by atoms with Crippen molar-refractivity contribution in [2.45, 2.75) is 33.2 Å². The molecule has 0 saturated heterocycles. The van der Waals surface area contributed by atoms with Gasteiger partial charge in [0.1, 0.15) is 5.75 Å².